The number of benzene rings is 1. The first-order chi connectivity index (χ1) is 9.34. The van der Waals surface area contributed by atoms with Crippen LogP contribution in [0.15, 0.2) is 30.6 Å². The lowest BCUT2D eigenvalue weighted by atomic mass is 9.87. The fourth-order valence-corrected chi connectivity index (χ4v) is 2.90. The molecule has 0 aliphatic carbocycles. The molecular formula is C14H19N5. The van der Waals surface area contributed by atoms with E-state index in [1.54, 1.807) is 4.80 Å². The summed E-state index contributed by atoms with van der Waals surface area (Å²) < 4.78 is 0. The van der Waals surface area contributed by atoms with Gasteiger partial charge in [0.2, 0.25) is 0 Å². The van der Waals surface area contributed by atoms with Crippen LogP contribution in [0.1, 0.15) is 30.0 Å². The summed E-state index contributed by atoms with van der Waals surface area (Å²) in [6.45, 7) is 4.25. The average molecular weight is 257 g/mol. The summed E-state index contributed by atoms with van der Waals surface area (Å²) in [6.07, 6.45) is 3.92. The molecule has 1 N–H and O–H groups in total. The molecule has 0 bridgehead atoms. The molecule has 5 nitrogen and oxygen atoms in total. The van der Waals surface area contributed by atoms with Crippen LogP contribution in [0.3, 0.4) is 0 Å². The lowest BCUT2D eigenvalue weighted by Gasteiger charge is -2.30. The molecule has 19 heavy (non-hydrogen) atoms. The van der Waals surface area contributed by atoms with Gasteiger partial charge in [-0.1, -0.05) is 29.8 Å². The largest absolute Gasteiger partial charge is 0.316 e. The summed E-state index contributed by atoms with van der Waals surface area (Å²) >= 11 is 0. The second-order valence-electron chi connectivity index (χ2n) is 5.22. The van der Waals surface area contributed by atoms with E-state index in [2.05, 4.69) is 51.9 Å². The van der Waals surface area contributed by atoms with Crippen molar-refractivity contribution >= 4 is 0 Å². The van der Waals surface area contributed by atoms with E-state index in [1.807, 2.05) is 0 Å². The number of tetrazole rings is 1. The molecule has 5 heteroatoms. The number of aromatic nitrogens is 4. The van der Waals surface area contributed by atoms with Crippen molar-refractivity contribution in [2.45, 2.75) is 25.8 Å². The highest BCUT2D eigenvalue weighted by atomic mass is 15.6. The van der Waals surface area contributed by atoms with Crippen molar-refractivity contribution < 1.29 is 0 Å². The zero-order valence-corrected chi connectivity index (χ0v) is 11.2. The van der Waals surface area contributed by atoms with Crippen molar-refractivity contribution in [2.75, 3.05) is 13.1 Å². The quantitative estimate of drug-likeness (QED) is 0.907. The van der Waals surface area contributed by atoms with E-state index in [0.29, 0.717) is 5.92 Å². The zero-order valence-electron chi connectivity index (χ0n) is 11.2. The second-order valence-corrected chi connectivity index (χ2v) is 5.22. The minimum atomic E-state index is 0.176. The van der Waals surface area contributed by atoms with Crippen LogP contribution >= 0.6 is 0 Å². The van der Waals surface area contributed by atoms with E-state index in [1.165, 1.54) is 30.3 Å². The molecule has 2 heterocycles. The van der Waals surface area contributed by atoms with Crippen LogP contribution in [0.5, 0.6) is 0 Å². The molecule has 0 amide bonds. The fourth-order valence-electron chi connectivity index (χ4n) is 2.90. The predicted octanol–water partition coefficient (Wildman–Crippen LogP) is 1.57. The highest BCUT2D eigenvalue weighted by molar-refractivity contribution is 5.26. The van der Waals surface area contributed by atoms with Crippen LogP contribution < -0.4 is 5.32 Å². The maximum atomic E-state index is 4.26. The predicted molar refractivity (Wildman–Crippen MR) is 72.7 cm³/mol. The lowest BCUT2D eigenvalue weighted by molar-refractivity contribution is 0.261. The normalized spacial score (nSPS) is 21.2. The topological polar surface area (TPSA) is 55.6 Å². The number of hydrogen-bond donors (Lipinski definition) is 1. The SMILES string of the molecule is Cc1cccc(C(C2CCCNC2)n2ncnn2)c1. The third-order valence-electron chi connectivity index (χ3n) is 3.78. The Kier molecular flexibility index (Phi) is 3.55. The van der Waals surface area contributed by atoms with Gasteiger partial charge in [0.25, 0.3) is 0 Å². The van der Waals surface area contributed by atoms with Crippen LogP contribution in [0, 0.1) is 12.8 Å². The molecule has 100 valence electrons. The van der Waals surface area contributed by atoms with Crippen LogP contribution in [0.2, 0.25) is 0 Å². The average Bonchev–Trinajstić information content (AvgIpc) is 2.94. The van der Waals surface area contributed by atoms with Gasteiger partial charge in [-0.3, -0.25) is 0 Å². The minimum Gasteiger partial charge on any atom is -0.316 e. The van der Waals surface area contributed by atoms with Crippen molar-refractivity contribution in [3.05, 3.63) is 41.7 Å². The summed E-state index contributed by atoms with van der Waals surface area (Å²) in [4.78, 5) is 1.76. The van der Waals surface area contributed by atoms with E-state index in [4.69, 9.17) is 0 Å². The van der Waals surface area contributed by atoms with Gasteiger partial charge in [-0.15, -0.1) is 10.2 Å². The van der Waals surface area contributed by atoms with Crippen molar-refractivity contribution in [2.24, 2.45) is 5.92 Å². The molecule has 3 rings (SSSR count). The molecule has 1 fully saturated rings. The molecule has 2 aromatic rings. The van der Waals surface area contributed by atoms with Crippen molar-refractivity contribution in [1.82, 2.24) is 25.5 Å². The van der Waals surface area contributed by atoms with E-state index in [-0.39, 0.29) is 6.04 Å². The molecular weight excluding hydrogens is 238 g/mol. The molecule has 0 radical (unpaired) electrons. The van der Waals surface area contributed by atoms with Crippen LogP contribution in [0.25, 0.3) is 0 Å². The maximum absolute atomic E-state index is 4.26. The maximum Gasteiger partial charge on any atom is 0.162 e. The van der Waals surface area contributed by atoms with Crippen LogP contribution in [0.4, 0.5) is 0 Å². The monoisotopic (exact) mass is 257 g/mol. The Balaban J connectivity index is 1.96. The molecule has 1 aromatic heterocycles. The Morgan fingerprint density at radius 2 is 2.37 bits per heavy atom. The summed E-state index contributed by atoms with van der Waals surface area (Å²) in [6, 6.07) is 8.78. The molecule has 1 aliphatic rings. The number of nitrogens with one attached hydrogen (secondary N) is 1. The second kappa shape index (κ2) is 5.48. The summed E-state index contributed by atoms with van der Waals surface area (Å²) in [7, 11) is 0. The number of hydrogen-bond acceptors (Lipinski definition) is 4. The molecule has 1 aromatic carbocycles. The molecule has 2 unspecified atom stereocenters. The van der Waals surface area contributed by atoms with Crippen LogP contribution in [-0.2, 0) is 0 Å². The van der Waals surface area contributed by atoms with Gasteiger partial charge in [0.15, 0.2) is 6.33 Å². The van der Waals surface area contributed by atoms with Gasteiger partial charge >= 0.3 is 0 Å². The molecule has 1 saturated heterocycles. The first kappa shape index (κ1) is 12.3. The smallest absolute Gasteiger partial charge is 0.162 e. The first-order valence-electron chi connectivity index (χ1n) is 6.84. The first-order valence-corrected chi connectivity index (χ1v) is 6.84. The van der Waals surface area contributed by atoms with E-state index in [0.717, 1.165) is 13.1 Å². The highest BCUT2D eigenvalue weighted by Gasteiger charge is 2.28. The molecule has 1 aliphatic heterocycles. The summed E-state index contributed by atoms with van der Waals surface area (Å²) in [5.74, 6) is 0.518. The van der Waals surface area contributed by atoms with Gasteiger partial charge in [0.05, 0.1) is 0 Å². The lowest BCUT2D eigenvalue weighted by Crippen LogP contribution is -2.36. The minimum absolute atomic E-state index is 0.176. The van der Waals surface area contributed by atoms with Gasteiger partial charge in [-0.05, 0) is 43.0 Å². The Labute approximate surface area is 113 Å². The van der Waals surface area contributed by atoms with Gasteiger partial charge < -0.3 is 5.32 Å². The van der Waals surface area contributed by atoms with E-state index < -0.39 is 0 Å². The summed E-state index contributed by atoms with van der Waals surface area (Å²) in [5.41, 5.74) is 2.54. The van der Waals surface area contributed by atoms with Gasteiger partial charge in [-0.2, -0.15) is 4.80 Å². The standard InChI is InChI=1S/C14H19N5/c1-11-4-2-5-12(8-11)14(19-17-10-16-18-19)13-6-3-7-15-9-13/h2,4-5,8,10,13-15H,3,6-7,9H2,1H3. The number of piperidine rings is 1. The highest BCUT2D eigenvalue weighted by Crippen LogP contribution is 2.30. The van der Waals surface area contributed by atoms with Crippen LogP contribution in [-0.4, -0.2) is 33.3 Å². The van der Waals surface area contributed by atoms with E-state index in [9.17, 15) is 0 Å². The Morgan fingerprint density at radius 3 is 3.05 bits per heavy atom. The Bertz CT molecular complexity index is 516. The Hall–Kier alpha value is -1.75. The molecule has 0 saturated carbocycles. The van der Waals surface area contributed by atoms with Gasteiger partial charge in [-0.25, -0.2) is 0 Å². The molecule has 2 atom stereocenters. The molecule has 0 spiro atoms. The van der Waals surface area contributed by atoms with Crippen molar-refractivity contribution in [3.63, 3.8) is 0 Å². The fraction of sp³-hybridized carbons (Fsp3) is 0.500. The number of aryl methyl sites for hydroxylation is 1. The summed E-state index contributed by atoms with van der Waals surface area (Å²) in [5, 5.41) is 15.7. The third kappa shape index (κ3) is 2.66. The van der Waals surface area contributed by atoms with Crippen molar-refractivity contribution in [1.29, 1.82) is 0 Å². The number of rotatable bonds is 3. The zero-order chi connectivity index (χ0) is 13.1. The Morgan fingerprint density at radius 1 is 1.42 bits per heavy atom. The number of nitrogens with zero attached hydrogens (tertiary/aromatic N) is 4. The van der Waals surface area contributed by atoms with Gasteiger partial charge in [0.1, 0.15) is 6.04 Å². The van der Waals surface area contributed by atoms with Crippen molar-refractivity contribution in [3.8, 4) is 0 Å². The van der Waals surface area contributed by atoms with E-state index >= 15 is 0 Å². The third-order valence-corrected chi connectivity index (χ3v) is 3.78. The van der Waals surface area contributed by atoms with Gasteiger partial charge in [0, 0.05) is 6.54 Å².